The molecule has 0 unspecified atom stereocenters. The topological polar surface area (TPSA) is 59.3 Å². The monoisotopic (exact) mass is 291 g/mol. The molecule has 5 heteroatoms. The second-order valence-corrected chi connectivity index (χ2v) is 5.95. The van der Waals surface area contributed by atoms with Crippen LogP contribution in [0.15, 0.2) is 52.0 Å². The van der Waals surface area contributed by atoms with Crippen molar-refractivity contribution in [2.75, 3.05) is 5.75 Å². The maximum atomic E-state index is 12.0. The fourth-order valence-electron chi connectivity index (χ4n) is 1.91. The highest BCUT2D eigenvalue weighted by atomic mass is 32.2. The van der Waals surface area contributed by atoms with Crippen molar-refractivity contribution < 1.29 is 13.4 Å². The number of aryl methyl sites for hydroxylation is 1. The maximum absolute atomic E-state index is 12.0. The average Bonchev–Trinajstić information content (AvgIpc) is 2.86. The van der Waals surface area contributed by atoms with E-state index in [1.165, 1.54) is 6.26 Å². The summed E-state index contributed by atoms with van der Waals surface area (Å²) in [4.78, 5) is 12.5. The van der Waals surface area contributed by atoms with E-state index in [0.29, 0.717) is 10.7 Å². The number of benzene rings is 1. The minimum Gasteiger partial charge on any atom is -0.468 e. The first-order valence-electron chi connectivity index (χ1n) is 6.34. The number of hydrogen-bond acceptors (Lipinski definition) is 3. The number of rotatable bonds is 5. The van der Waals surface area contributed by atoms with Crippen molar-refractivity contribution >= 4 is 16.7 Å². The highest BCUT2D eigenvalue weighted by Crippen LogP contribution is 2.15. The van der Waals surface area contributed by atoms with E-state index in [4.69, 9.17) is 4.42 Å². The van der Waals surface area contributed by atoms with Crippen LogP contribution in [0.3, 0.4) is 0 Å². The van der Waals surface area contributed by atoms with Gasteiger partial charge in [-0.15, -0.1) is 0 Å². The molecule has 0 saturated heterocycles. The van der Waals surface area contributed by atoms with Gasteiger partial charge in [0.25, 0.3) is 0 Å². The molecule has 1 N–H and O–H groups in total. The molecule has 2 aromatic rings. The summed E-state index contributed by atoms with van der Waals surface area (Å²) in [5.41, 5.74) is 1.02. The lowest BCUT2D eigenvalue weighted by molar-refractivity contribution is -0.119. The zero-order valence-electron chi connectivity index (χ0n) is 11.5. The third kappa shape index (κ3) is 3.57. The third-order valence-electron chi connectivity index (χ3n) is 3.00. The van der Waals surface area contributed by atoms with Crippen molar-refractivity contribution in [3.8, 4) is 0 Å². The highest BCUT2D eigenvalue weighted by molar-refractivity contribution is 7.85. The van der Waals surface area contributed by atoms with Crippen LogP contribution >= 0.6 is 0 Å². The Bertz CT molecular complexity index is 607. The minimum atomic E-state index is -1.37. The normalized spacial score (nSPS) is 13.7. The van der Waals surface area contributed by atoms with Crippen LogP contribution in [0.25, 0.3) is 0 Å². The Labute approximate surface area is 120 Å². The number of carbonyl (C=O) groups excluding carboxylic acids is 1. The van der Waals surface area contributed by atoms with E-state index in [1.54, 1.807) is 13.0 Å². The lowest BCUT2D eigenvalue weighted by atomic mass is 10.1. The molecule has 1 amide bonds. The summed E-state index contributed by atoms with van der Waals surface area (Å²) in [6.45, 7) is 3.64. The molecule has 2 rings (SSSR count). The summed E-state index contributed by atoms with van der Waals surface area (Å²) in [6, 6.07) is 11.2. The average molecular weight is 291 g/mol. The summed E-state index contributed by atoms with van der Waals surface area (Å²) >= 11 is 0. The fraction of sp³-hybridized carbons (Fsp3) is 0.267. The van der Waals surface area contributed by atoms with Gasteiger partial charge in [-0.05, 0) is 25.5 Å². The van der Waals surface area contributed by atoms with Crippen molar-refractivity contribution in [2.24, 2.45) is 0 Å². The Morgan fingerprint density at radius 2 is 2.00 bits per heavy atom. The summed E-state index contributed by atoms with van der Waals surface area (Å²) in [6.07, 6.45) is 1.48. The van der Waals surface area contributed by atoms with E-state index in [9.17, 15) is 9.00 Å². The highest BCUT2D eigenvalue weighted by Gasteiger charge is 2.16. The van der Waals surface area contributed by atoms with Crippen LogP contribution in [-0.2, 0) is 15.6 Å². The lowest BCUT2D eigenvalue weighted by Crippen LogP contribution is -2.30. The number of hydrogen-bond donors (Lipinski definition) is 1. The molecule has 106 valence electrons. The first-order valence-corrected chi connectivity index (χ1v) is 7.66. The minimum absolute atomic E-state index is 0.0580. The zero-order valence-corrected chi connectivity index (χ0v) is 12.3. The predicted molar refractivity (Wildman–Crippen MR) is 77.7 cm³/mol. The fourth-order valence-corrected chi connectivity index (χ4v) is 2.97. The molecule has 0 aliphatic carbocycles. The Morgan fingerprint density at radius 1 is 1.30 bits per heavy atom. The van der Waals surface area contributed by atoms with Gasteiger partial charge in [0, 0.05) is 0 Å². The maximum Gasteiger partial charge on any atom is 0.233 e. The molecule has 20 heavy (non-hydrogen) atoms. The lowest BCUT2D eigenvalue weighted by Gasteiger charge is -2.13. The van der Waals surface area contributed by atoms with E-state index >= 15 is 0 Å². The largest absolute Gasteiger partial charge is 0.468 e. The molecule has 0 aliphatic heterocycles. The number of nitrogens with one attached hydrogen (secondary N) is 1. The predicted octanol–water partition coefficient (Wildman–Crippen LogP) is 2.57. The molecule has 2 atom stereocenters. The molecule has 4 nitrogen and oxygen atoms in total. The van der Waals surface area contributed by atoms with Gasteiger partial charge in [0.1, 0.15) is 11.5 Å². The second-order valence-electron chi connectivity index (χ2n) is 4.53. The molecule has 1 aromatic heterocycles. The first-order chi connectivity index (χ1) is 9.58. The van der Waals surface area contributed by atoms with Gasteiger partial charge in [0.05, 0.1) is 28.0 Å². The number of furan rings is 1. The second kappa shape index (κ2) is 6.52. The summed E-state index contributed by atoms with van der Waals surface area (Å²) in [5, 5.41) is 2.85. The van der Waals surface area contributed by atoms with Crippen LogP contribution in [-0.4, -0.2) is 15.9 Å². The third-order valence-corrected chi connectivity index (χ3v) is 4.43. The van der Waals surface area contributed by atoms with Gasteiger partial charge >= 0.3 is 0 Å². The summed E-state index contributed by atoms with van der Waals surface area (Å²) < 4.78 is 17.1. The summed E-state index contributed by atoms with van der Waals surface area (Å²) in [7, 11) is -1.37. The molecule has 0 fully saturated rings. The van der Waals surface area contributed by atoms with E-state index in [0.717, 1.165) is 5.56 Å². The quantitative estimate of drug-likeness (QED) is 0.921. The van der Waals surface area contributed by atoms with Gasteiger partial charge in [0.15, 0.2) is 0 Å². The van der Waals surface area contributed by atoms with E-state index in [2.05, 4.69) is 5.32 Å². The van der Waals surface area contributed by atoms with E-state index in [1.807, 2.05) is 37.3 Å². The first kappa shape index (κ1) is 14.5. The number of carbonyl (C=O) groups is 1. The van der Waals surface area contributed by atoms with Crippen LogP contribution in [0.1, 0.15) is 24.3 Å². The van der Waals surface area contributed by atoms with Crippen molar-refractivity contribution in [1.82, 2.24) is 5.32 Å². The molecular formula is C15H17NO3S. The van der Waals surface area contributed by atoms with Gasteiger partial charge in [-0.1, -0.05) is 30.3 Å². The van der Waals surface area contributed by atoms with Gasteiger partial charge < -0.3 is 9.73 Å². The van der Waals surface area contributed by atoms with Gasteiger partial charge in [-0.2, -0.15) is 0 Å². The molecule has 0 radical (unpaired) electrons. The molecule has 0 bridgehead atoms. The van der Waals surface area contributed by atoms with Gasteiger partial charge in [-0.3, -0.25) is 9.00 Å². The van der Waals surface area contributed by atoms with Crippen molar-refractivity contribution in [3.63, 3.8) is 0 Å². The summed E-state index contributed by atoms with van der Waals surface area (Å²) in [5.74, 6) is 0.296. The van der Waals surface area contributed by atoms with Gasteiger partial charge in [0.2, 0.25) is 5.91 Å². The molecule has 0 saturated carbocycles. The standard InChI is InChI=1S/C15H17NO3S/c1-11(13-6-4-3-5-7-13)16-15(17)10-20(18)14-8-9-19-12(14)2/h3-9,11H,10H2,1-2H3,(H,16,17)/t11-,20-/m0/s1. The van der Waals surface area contributed by atoms with Crippen LogP contribution in [0.2, 0.25) is 0 Å². The Morgan fingerprint density at radius 3 is 2.60 bits per heavy atom. The van der Waals surface area contributed by atoms with Crippen LogP contribution in [0.5, 0.6) is 0 Å². The number of amides is 1. The van der Waals surface area contributed by atoms with Gasteiger partial charge in [-0.25, -0.2) is 0 Å². The molecule has 0 aliphatic rings. The van der Waals surface area contributed by atoms with Crippen molar-refractivity contribution in [1.29, 1.82) is 0 Å². The molecule has 0 spiro atoms. The Hall–Kier alpha value is -1.88. The SMILES string of the molecule is Cc1occc1[S@@](=O)CC(=O)N[C@@H](C)c1ccccc1. The van der Waals surface area contributed by atoms with Crippen LogP contribution < -0.4 is 5.32 Å². The van der Waals surface area contributed by atoms with Crippen molar-refractivity contribution in [3.05, 3.63) is 54.0 Å². The molecule has 1 aromatic carbocycles. The van der Waals surface area contributed by atoms with Crippen LogP contribution in [0, 0.1) is 6.92 Å². The Balaban J connectivity index is 1.93. The Kier molecular flexibility index (Phi) is 4.74. The van der Waals surface area contributed by atoms with Crippen LogP contribution in [0.4, 0.5) is 0 Å². The molecule has 1 heterocycles. The van der Waals surface area contributed by atoms with E-state index in [-0.39, 0.29) is 17.7 Å². The molecular weight excluding hydrogens is 274 g/mol. The van der Waals surface area contributed by atoms with E-state index < -0.39 is 10.8 Å². The van der Waals surface area contributed by atoms with Crippen molar-refractivity contribution in [2.45, 2.75) is 24.8 Å². The smallest absolute Gasteiger partial charge is 0.233 e. The zero-order chi connectivity index (χ0) is 14.5.